The van der Waals surface area contributed by atoms with Crippen LogP contribution in [0.25, 0.3) is 0 Å². The van der Waals surface area contributed by atoms with Gasteiger partial charge < -0.3 is 20.1 Å². The van der Waals surface area contributed by atoms with Gasteiger partial charge in [0.15, 0.2) is 0 Å². The van der Waals surface area contributed by atoms with E-state index in [1.807, 2.05) is 25.2 Å². The van der Waals surface area contributed by atoms with Crippen LogP contribution in [0.15, 0.2) is 18.2 Å². The van der Waals surface area contributed by atoms with Gasteiger partial charge in [-0.25, -0.2) is 0 Å². The molecule has 18 heavy (non-hydrogen) atoms. The Labute approximate surface area is 113 Å². The summed E-state index contributed by atoms with van der Waals surface area (Å²) < 4.78 is 5.32. The van der Waals surface area contributed by atoms with E-state index in [1.165, 1.54) is 0 Å². The standard InChI is InChI=1S/C13H19ClN2O2/c1-15-9-13(17)10-2-3-12(11(14)8-10)16-4-6-18-7-5-16/h2-3,8,13,15,17H,4-7,9H2,1H3. The highest BCUT2D eigenvalue weighted by Gasteiger charge is 2.15. The minimum absolute atomic E-state index is 0.521. The fourth-order valence-corrected chi connectivity index (χ4v) is 2.41. The van der Waals surface area contributed by atoms with E-state index in [2.05, 4.69) is 10.2 Å². The number of benzene rings is 1. The Bertz CT molecular complexity index is 395. The number of hydrogen-bond acceptors (Lipinski definition) is 4. The predicted molar refractivity (Wildman–Crippen MR) is 73.4 cm³/mol. The summed E-state index contributed by atoms with van der Waals surface area (Å²) in [5.41, 5.74) is 1.85. The first-order chi connectivity index (χ1) is 8.72. The van der Waals surface area contributed by atoms with Crippen LogP contribution >= 0.6 is 11.6 Å². The van der Waals surface area contributed by atoms with Crippen molar-refractivity contribution in [3.63, 3.8) is 0 Å². The molecule has 1 unspecified atom stereocenters. The molecular weight excluding hydrogens is 252 g/mol. The smallest absolute Gasteiger partial charge is 0.0914 e. The van der Waals surface area contributed by atoms with Crippen LogP contribution in [0.4, 0.5) is 5.69 Å². The molecule has 0 bridgehead atoms. The van der Waals surface area contributed by atoms with Crippen molar-refractivity contribution in [3.8, 4) is 0 Å². The average molecular weight is 271 g/mol. The Kier molecular flexibility index (Phi) is 4.83. The summed E-state index contributed by atoms with van der Waals surface area (Å²) in [5.74, 6) is 0. The fraction of sp³-hybridized carbons (Fsp3) is 0.538. The van der Waals surface area contributed by atoms with Crippen molar-refractivity contribution in [2.75, 3.05) is 44.8 Å². The van der Waals surface area contributed by atoms with Gasteiger partial charge in [0, 0.05) is 19.6 Å². The molecule has 1 saturated heterocycles. The van der Waals surface area contributed by atoms with Crippen LogP contribution in [-0.4, -0.2) is 45.0 Å². The zero-order valence-electron chi connectivity index (χ0n) is 10.5. The molecule has 1 aliphatic rings. The first kappa shape index (κ1) is 13.6. The number of likely N-dealkylation sites (N-methyl/N-ethyl adjacent to an activating group) is 1. The summed E-state index contributed by atoms with van der Waals surface area (Å²) in [5, 5.41) is 13.5. The van der Waals surface area contributed by atoms with Crippen LogP contribution in [0.1, 0.15) is 11.7 Å². The van der Waals surface area contributed by atoms with Gasteiger partial charge >= 0.3 is 0 Å². The van der Waals surface area contributed by atoms with Gasteiger partial charge in [-0.2, -0.15) is 0 Å². The van der Waals surface area contributed by atoms with E-state index in [-0.39, 0.29) is 0 Å². The van der Waals surface area contributed by atoms with E-state index in [4.69, 9.17) is 16.3 Å². The van der Waals surface area contributed by atoms with Crippen molar-refractivity contribution in [2.24, 2.45) is 0 Å². The van der Waals surface area contributed by atoms with Crippen LogP contribution in [0.2, 0.25) is 5.02 Å². The minimum atomic E-state index is -0.522. The lowest BCUT2D eigenvalue weighted by Crippen LogP contribution is -2.36. The van der Waals surface area contributed by atoms with Crippen molar-refractivity contribution in [1.82, 2.24) is 5.32 Å². The van der Waals surface area contributed by atoms with Gasteiger partial charge in [0.1, 0.15) is 0 Å². The number of ether oxygens (including phenoxy) is 1. The molecule has 1 aromatic carbocycles. The van der Waals surface area contributed by atoms with E-state index < -0.39 is 6.10 Å². The van der Waals surface area contributed by atoms with Gasteiger partial charge in [-0.05, 0) is 24.7 Å². The normalized spacial score (nSPS) is 17.8. The molecular formula is C13H19ClN2O2. The van der Waals surface area contributed by atoms with Crippen LogP contribution < -0.4 is 10.2 Å². The average Bonchev–Trinajstić information content (AvgIpc) is 2.40. The molecule has 0 spiro atoms. The molecule has 0 amide bonds. The summed E-state index contributed by atoms with van der Waals surface area (Å²) >= 11 is 6.29. The summed E-state index contributed by atoms with van der Waals surface area (Å²) in [6.45, 7) is 3.71. The lowest BCUT2D eigenvalue weighted by molar-refractivity contribution is 0.122. The van der Waals surface area contributed by atoms with Crippen LogP contribution in [0, 0.1) is 0 Å². The first-order valence-corrected chi connectivity index (χ1v) is 6.55. The topological polar surface area (TPSA) is 44.7 Å². The number of nitrogens with one attached hydrogen (secondary N) is 1. The number of halogens is 1. The molecule has 4 nitrogen and oxygen atoms in total. The van der Waals surface area contributed by atoms with Gasteiger partial charge in [0.25, 0.3) is 0 Å². The number of anilines is 1. The molecule has 2 rings (SSSR count). The third-order valence-corrected chi connectivity index (χ3v) is 3.41. The van der Waals surface area contributed by atoms with E-state index in [0.29, 0.717) is 11.6 Å². The number of aliphatic hydroxyl groups is 1. The molecule has 1 aromatic rings. The predicted octanol–water partition coefficient (Wildman–Crippen LogP) is 1.43. The molecule has 1 heterocycles. The maximum absolute atomic E-state index is 9.89. The Morgan fingerprint density at radius 1 is 1.44 bits per heavy atom. The lowest BCUT2D eigenvalue weighted by atomic mass is 10.1. The van der Waals surface area contributed by atoms with E-state index in [1.54, 1.807) is 0 Å². The molecule has 5 heteroatoms. The van der Waals surface area contributed by atoms with E-state index >= 15 is 0 Å². The van der Waals surface area contributed by atoms with Gasteiger partial charge in [-0.1, -0.05) is 17.7 Å². The van der Waals surface area contributed by atoms with E-state index in [9.17, 15) is 5.11 Å². The first-order valence-electron chi connectivity index (χ1n) is 6.17. The Hall–Kier alpha value is -0.810. The monoisotopic (exact) mass is 270 g/mol. The Morgan fingerprint density at radius 3 is 2.78 bits per heavy atom. The van der Waals surface area contributed by atoms with Gasteiger partial charge in [-0.15, -0.1) is 0 Å². The Morgan fingerprint density at radius 2 is 2.17 bits per heavy atom. The Balaban J connectivity index is 2.13. The molecule has 1 fully saturated rings. The highest BCUT2D eigenvalue weighted by Crippen LogP contribution is 2.29. The molecule has 0 radical (unpaired) electrons. The van der Waals surface area contributed by atoms with Crippen LogP contribution in [0.5, 0.6) is 0 Å². The van der Waals surface area contributed by atoms with Crippen LogP contribution in [0.3, 0.4) is 0 Å². The second kappa shape index (κ2) is 6.38. The fourth-order valence-electron chi connectivity index (χ4n) is 2.10. The maximum Gasteiger partial charge on any atom is 0.0914 e. The van der Waals surface area contributed by atoms with Crippen molar-refractivity contribution in [1.29, 1.82) is 0 Å². The number of aliphatic hydroxyl groups excluding tert-OH is 1. The van der Waals surface area contributed by atoms with Gasteiger partial charge in [0.05, 0.1) is 30.0 Å². The lowest BCUT2D eigenvalue weighted by Gasteiger charge is -2.30. The second-order valence-electron chi connectivity index (χ2n) is 4.38. The van der Waals surface area contributed by atoms with Crippen molar-refractivity contribution in [3.05, 3.63) is 28.8 Å². The second-order valence-corrected chi connectivity index (χ2v) is 4.79. The molecule has 0 aromatic heterocycles. The number of rotatable bonds is 4. The summed E-state index contributed by atoms with van der Waals surface area (Å²) in [7, 11) is 1.81. The van der Waals surface area contributed by atoms with Gasteiger partial charge in [-0.3, -0.25) is 0 Å². The zero-order chi connectivity index (χ0) is 13.0. The highest BCUT2D eigenvalue weighted by atomic mass is 35.5. The molecule has 1 aliphatic heterocycles. The minimum Gasteiger partial charge on any atom is -0.387 e. The molecule has 0 aliphatic carbocycles. The highest BCUT2D eigenvalue weighted by molar-refractivity contribution is 6.33. The summed E-state index contributed by atoms with van der Waals surface area (Å²) in [4.78, 5) is 2.21. The van der Waals surface area contributed by atoms with Crippen molar-refractivity contribution < 1.29 is 9.84 Å². The largest absolute Gasteiger partial charge is 0.387 e. The third-order valence-electron chi connectivity index (χ3n) is 3.11. The number of nitrogens with zero attached hydrogens (tertiary/aromatic N) is 1. The number of morpholine rings is 1. The third kappa shape index (κ3) is 3.14. The zero-order valence-corrected chi connectivity index (χ0v) is 11.3. The van der Waals surface area contributed by atoms with E-state index in [0.717, 1.165) is 37.6 Å². The molecule has 2 N–H and O–H groups in total. The SMILES string of the molecule is CNCC(O)c1ccc(N2CCOCC2)c(Cl)c1. The number of hydrogen-bond donors (Lipinski definition) is 2. The molecule has 1 atom stereocenters. The van der Waals surface area contributed by atoms with Gasteiger partial charge in [0.2, 0.25) is 0 Å². The van der Waals surface area contributed by atoms with Crippen molar-refractivity contribution in [2.45, 2.75) is 6.10 Å². The quantitative estimate of drug-likeness (QED) is 0.869. The molecule has 0 saturated carbocycles. The van der Waals surface area contributed by atoms with Crippen LogP contribution in [-0.2, 0) is 4.74 Å². The molecule has 100 valence electrons. The van der Waals surface area contributed by atoms with Crippen molar-refractivity contribution >= 4 is 17.3 Å². The maximum atomic E-state index is 9.89. The summed E-state index contributed by atoms with van der Waals surface area (Å²) in [6.07, 6.45) is -0.522. The summed E-state index contributed by atoms with van der Waals surface area (Å²) in [6, 6.07) is 5.74.